The average Bonchev–Trinajstić information content (AvgIpc) is 2.96. The summed E-state index contributed by atoms with van der Waals surface area (Å²) in [6, 6.07) is 10.9. The molecule has 1 aliphatic rings. The van der Waals surface area contributed by atoms with Gasteiger partial charge in [-0.05, 0) is 50.1 Å². The van der Waals surface area contributed by atoms with Crippen LogP contribution in [0.15, 0.2) is 52.5 Å². The van der Waals surface area contributed by atoms with Crippen molar-refractivity contribution in [1.29, 1.82) is 0 Å². The Bertz CT molecular complexity index is 1020. The maximum Gasteiger partial charge on any atom is 0.295 e. The molecule has 1 N–H and O–H groups in total. The Morgan fingerprint density at radius 1 is 1.16 bits per heavy atom. The lowest BCUT2D eigenvalue weighted by Crippen LogP contribution is -2.31. The van der Waals surface area contributed by atoms with Gasteiger partial charge in [-0.2, -0.15) is 0 Å². The van der Waals surface area contributed by atoms with Crippen LogP contribution in [0, 0.1) is 0 Å². The Hall–Kier alpha value is -1.86. The fourth-order valence-electron chi connectivity index (χ4n) is 3.47. The number of likely N-dealkylation sites (tertiary alicyclic amines) is 1. The van der Waals surface area contributed by atoms with Crippen LogP contribution in [0.4, 0.5) is 0 Å². The molecule has 2 aromatic carbocycles. The van der Waals surface area contributed by atoms with Crippen LogP contribution in [-0.2, 0) is 14.3 Å². The molecule has 0 bridgehead atoms. The highest BCUT2D eigenvalue weighted by atomic mass is 79.9. The summed E-state index contributed by atoms with van der Waals surface area (Å²) >= 11 is 15.8. The average molecular weight is 527 g/mol. The second-order valence-corrected chi connectivity index (χ2v) is 9.20. The highest BCUT2D eigenvalue weighted by Crippen LogP contribution is 2.42. The number of ketones is 1. The number of hydrogen-bond donors (Lipinski definition) is 1. The van der Waals surface area contributed by atoms with E-state index in [2.05, 4.69) is 15.9 Å². The van der Waals surface area contributed by atoms with E-state index >= 15 is 0 Å². The Kier molecular flexibility index (Phi) is 7.81. The first-order chi connectivity index (χ1) is 14.7. The molecule has 3 rings (SSSR count). The summed E-state index contributed by atoms with van der Waals surface area (Å²) in [6.07, 6.45) is 0.597. The van der Waals surface area contributed by atoms with Crippen LogP contribution in [0.2, 0.25) is 10.0 Å². The van der Waals surface area contributed by atoms with Crippen molar-refractivity contribution in [2.24, 2.45) is 0 Å². The van der Waals surface area contributed by atoms with E-state index in [1.54, 1.807) is 42.5 Å². The molecule has 0 aliphatic carbocycles. The molecule has 0 aromatic heterocycles. The van der Waals surface area contributed by atoms with Gasteiger partial charge in [0.2, 0.25) is 0 Å². The molecule has 1 aliphatic heterocycles. The summed E-state index contributed by atoms with van der Waals surface area (Å²) in [6.45, 7) is 4.57. The Morgan fingerprint density at radius 3 is 2.45 bits per heavy atom. The minimum Gasteiger partial charge on any atom is -0.507 e. The number of nitrogens with zero attached hydrogens (tertiary/aromatic N) is 1. The summed E-state index contributed by atoms with van der Waals surface area (Å²) in [4.78, 5) is 27.3. The summed E-state index contributed by atoms with van der Waals surface area (Å²) in [5, 5.41) is 11.8. The third-order valence-corrected chi connectivity index (χ3v) is 6.00. The zero-order chi connectivity index (χ0) is 22.7. The first-order valence-electron chi connectivity index (χ1n) is 9.81. The predicted molar refractivity (Wildman–Crippen MR) is 125 cm³/mol. The van der Waals surface area contributed by atoms with E-state index in [0.717, 1.165) is 4.47 Å². The molecule has 164 valence electrons. The summed E-state index contributed by atoms with van der Waals surface area (Å²) < 4.78 is 6.39. The zero-order valence-corrected chi connectivity index (χ0v) is 20.2. The molecule has 1 saturated heterocycles. The van der Waals surface area contributed by atoms with Gasteiger partial charge in [0, 0.05) is 33.2 Å². The smallest absolute Gasteiger partial charge is 0.295 e. The minimum absolute atomic E-state index is 0.00122. The second-order valence-electron chi connectivity index (χ2n) is 7.44. The van der Waals surface area contributed by atoms with Gasteiger partial charge >= 0.3 is 0 Å². The molecule has 0 radical (unpaired) electrons. The van der Waals surface area contributed by atoms with Crippen LogP contribution in [0.3, 0.4) is 0 Å². The van der Waals surface area contributed by atoms with Gasteiger partial charge in [-0.15, -0.1) is 0 Å². The van der Waals surface area contributed by atoms with Crippen LogP contribution in [0.1, 0.15) is 37.4 Å². The molecular formula is C23H22BrCl2NO4. The molecule has 1 heterocycles. The van der Waals surface area contributed by atoms with Crippen molar-refractivity contribution in [2.45, 2.75) is 32.4 Å². The van der Waals surface area contributed by atoms with E-state index in [0.29, 0.717) is 34.2 Å². The van der Waals surface area contributed by atoms with Crippen LogP contribution in [0.5, 0.6) is 0 Å². The summed E-state index contributed by atoms with van der Waals surface area (Å²) in [5.74, 6) is -1.68. The third kappa shape index (κ3) is 5.32. The SMILES string of the molecule is CC(C)OCCCN1C(=O)C(=O)C(=C(O)c2ccc(Br)cc2)[C@@H]1c1ccc(Cl)cc1Cl. The van der Waals surface area contributed by atoms with Gasteiger partial charge in [-0.1, -0.05) is 57.3 Å². The van der Waals surface area contributed by atoms with Crippen LogP contribution >= 0.6 is 39.1 Å². The molecule has 5 nitrogen and oxygen atoms in total. The van der Waals surface area contributed by atoms with Crippen molar-refractivity contribution in [3.63, 3.8) is 0 Å². The quantitative estimate of drug-likeness (QED) is 0.208. The molecular weight excluding hydrogens is 505 g/mol. The van der Waals surface area contributed by atoms with Crippen molar-refractivity contribution in [1.82, 2.24) is 4.90 Å². The van der Waals surface area contributed by atoms with E-state index in [-0.39, 0.29) is 24.0 Å². The lowest BCUT2D eigenvalue weighted by Gasteiger charge is -2.26. The number of benzene rings is 2. The van der Waals surface area contributed by atoms with Crippen molar-refractivity contribution in [3.05, 3.63) is 73.7 Å². The van der Waals surface area contributed by atoms with Crippen LogP contribution < -0.4 is 0 Å². The van der Waals surface area contributed by atoms with Crippen LogP contribution in [-0.4, -0.2) is 41.0 Å². The van der Waals surface area contributed by atoms with Gasteiger partial charge in [0.05, 0.1) is 17.7 Å². The lowest BCUT2D eigenvalue weighted by atomic mass is 9.95. The number of aliphatic hydroxyl groups excluding tert-OH is 1. The van der Waals surface area contributed by atoms with Crippen molar-refractivity contribution in [3.8, 4) is 0 Å². The van der Waals surface area contributed by atoms with Gasteiger partial charge in [-0.3, -0.25) is 9.59 Å². The first-order valence-corrected chi connectivity index (χ1v) is 11.4. The molecule has 0 saturated carbocycles. The van der Waals surface area contributed by atoms with Gasteiger partial charge in [0.15, 0.2) is 0 Å². The number of hydrogen-bond acceptors (Lipinski definition) is 4. The van der Waals surface area contributed by atoms with Gasteiger partial charge in [0.1, 0.15) is 5.76 Å². The largest absolute Gasteiger partial charge is 0.507 e. The molecule has 1 amide bonds. The van der Waals surface area contributed by atoms with Crippen molar-refractivity contribution in [2.75, 3.05) is 13.2 Å². The minimum atomic E-state index is -0.826. The van der Waals surface area contributed by atoms with Gasteiger partial charge in [-0.25, -0.2) is 0 Å². The standard InChI is InChI=1S/C23H22BrCl2NO4/c1-13(2)31-11-3-10-27-20(17-9-8-16(25)12-18(17)26)19(22(29)23(27)30)21(28)14-4-6-15(24)7-5-14/h4-9,12-13,20,28H,3,10-11H2,1-2H3/t20-/m0/s1. The maximum atomic E-state index is 13.0. The Morgan fingerprint density at radius 2 is 1.84 bits per heavy atom. The number of amides is 1. The van der Waals surface area contributed by atoms with E-state index in [9.17, 15) is 14.7 Å². The molecule has 1 atom stereocenters. The predicted octanol–water partition coefficient (Wildman–Crippen LogP) is 5.99. The molecule has 8 heteroatoms. The topological polar surface area (TPSA) is 66.8 Å². The number of carbonyl (C=O) groups is 2. The van der Waals surface area contributed by atoms with E-state index in [1.165, 1.54) is 4.90 Å². The maximum absolute atomic E-state index is 13.0. The molecule has 0 spiro atoms. The number of aliphatic hydroxyl groups is 1. The van der Waals surface area contributed by atoms with Crippen molar-refractivity contribution >= 4 is 56.6 Å². The first kappa shape index (κ1) is 23.8. The summed E-state index contributed by atoms with van der Waals surface area (Å²) in [5.41, 5.74) is 0.953. The third-order valence-electron chi connectivity index (χ3n) is 4.91. The molecule has 2 aromatic rings. The fraction of sp³-hybridized carbons (Fsp3) is 0.304. The normalized spacial score (nSPS) is 18.3. The number of ether oxygens (including phenoxy) is 1. The van der Waals surface area contributed by atoms with Gasteiger partial charge < -0.3 is 14.7 Å². The number of Topliss-reactive ketones (excluding diaryl/α,β-unsaturated/α-hetero) is 1. The van der Waals surface area contributed by atoms with Gasteiger partial charge in [0.25, 0.3) is 11.7 Å². The van der Waals surface area contributed by atoms with Crippen molar-refractivity contribution < 1.29 is 19.4 Å². The van der Waals surface area contributed by atoms with E-state index < -0.39 is 17.7 Å². The Labute approximate surface area is 199 Å². The molecule has 31 heavy (non-hydrogen) atoms. The number of halogens is 3. The summed E-state index contributed by atoms with van der Waals surface area (Å²) in [7, 11) is 0. The number of carbonyl (C=O) groups excluding carboxylic acids is 2. The van der Waals surface area contributed by atoms with Crippen LogP contribution in [0.25, 0.3) is 5.76 Å². The molecule has 0 unspecified atom stereocenters. The number of rotatable bonds is 7. The highest BCUT2D eigenvalue weighted by Gasteiger charge is 2.46. The highest BCUT2D eigenvalue weighted by molar-refractivity contribution is 9.10. The second kappa shape index (κ2) is 10.2. The fourth-order valence-corrected chi connectivity index (χ4v) is 4.25. The van der Waals surface area contributed by atoms with E-state index in [1.807, 2.05) is 13.8 Å². The lowest BCUT2D eigenvalue weighted by molar-refractivity contribution is -0.140. The molecule has 1 fully saturated rings. The van der Waals surface area contributed by atoms with E-state index in [4.69, 9.17) is 27.9 Å². The monoisotopic (exact) mass is 525 g/mol. The zero-order valence-electron chi connectivity index (χ0n) is 17.1. The Balaban J connectivity index is 2.07.